The van der Waals surface area contributed by atoms with Gasteiger partial charge in [0.2, 0.25) is 0 Å². The summed E-state index contributed by atoms with van der Waals surface area (Å²) in [5.74, 6) is 2.49. The highest BCUT2D eigenvalue weighted by Gasteiger charge is 2.50. The van der Waals surface area contributed by atoms with Gasteiger partial charge in [-0.05, 0) is 45.1 Å². The summed E-state index contributed by atoms with van der Waals surface area (Å²) in [5.41, 5.74) is 1.68. The zero-order valence-corrected chi connectivity index (χ0v) is 19.0. The SMILES string of the molecule is COc1cccc(OC)c1-c1cccc2c1[P@](C(C)(C)C)[C@H](C(C)(C)OC)O2. The largest absolute Gasteiger partial charge is 0.496 e. The molecule has 0 saturated carbocycles. The molecule has 152 valence electrons. The third-order valence-electron chi connectivity index (χ3n) is 5.25. The van der Waals surface area contributed by atoms with E-state index < -0.39 is 13.5 Å². The van der Waals surface area contributed by atoms with Crippen LogP contribution in [0.25, 0.3) is 11.1 Å². The van der Waals surface area contributed by atoms with Gasteiger partial charge in [0.25, 0.3) is 0 Å². The second kappa shape index (κ2) is 7.57. The van der Waals surface area contributed by atoms with Gasteiger partial charge in [-0.15, -0.1) is 0 Å². The molecule has 0 aromatic heterocycles. The average Bonchev–Trinajstić information content (AvgIpc) is 3.08. The summed E-state index contributed by atoms with van der Waals surface area (Å²) >= 11 is 0. The summed E-state index contributed by atoms with van der Waals surface area (Å²) in [6.07, 6.45) is 0. The van der Waals surface area contributed by atoms with E-state index in [0.29, 0.717) is 0 Å². The fraction of sp³-hybridized carbons (Fsp3) is 0.478. The number of rotatable bonds is 5. The maximum atomic E-state index is 6.53. The minimum absolute atomic E-state index is 0.0341. The van der Waals surface area contributed by atoms with Crippen molar-refractivity contribution in [1.82, 2.24) is 0 Å². The molecule has 2 aromatic rings. The topological polar surface area (TPSA) is 36.9 Å². The van der Waals surface area contributed by atoms with Crippen molar-refractivity contribution in [1.29, 1.82) is 0 Å². The Bertz CT molecular complexity index is 832. The molecule has 0 radical (unpaired) electrons. The first-order valence-corrected chi connectivity index (χ1v) is 10.9. The predicted molar refractivity (Wildman–Crippen MR) is 117 cm³/mol. The third-order valence-corrected chi connectivity index (χ3v) is 8.84. The van der Waals surface area contributed by atoms with Crippen molar-refractivity contribution in [2.45, 2.75) is 51.2 Å². The zero-order valence-electron chi connectivity index (χ0n) is 18.1. The molecule has 2 aromatic carbocycles. The molecule has 0 unspecified atom stereocenters. The second-order valence-corrected chi connectivity index (χ2v) is 11.5. The normalized spacial score (nSPS) is 19.1. The monoisotopic (exact) mass is 402 g/mol. The molecule has 0 bridgehead atoms. The number of hydrogen-bond acceptors (Lipinski definition) is 4. The van der Waals surface area contributed by atoms with Gasteiger partial charge in [-0.1, -0.05) is 39.0 Å². The van der Waals surface area contributed by atoms with E-state index in [-0.39, 0.29) is 11.0 Å². The molecule has 0 amide bonds. The molecule has 0 saturated heterocycles. The Hall–Kier alpha value is -1.77. The third kappa shape index (κ3) is 3.49. The predicted octanol–water partition coefficient (Wildman–Crippen LogP) is 5.42. The number of fused-ring (bicyclic) bond motifs is 1. The van der Waals surface area contributed by atoms with Crippen molar-refractivity contribution in [3.8, 4) is 28.4 Å². The van der Waals surface area contributed by atoms with Crippen molar-refractivity contribution >= 4 is 13.2 Å². The van der Waals surface area contributed by atoms with Crippen LogP contribution in [0.2, 0.25) is 0 Å². The van der Waals surface area contributed by atoms with E-state index in [1.54, 1.807) is 21.3 Å². The van der Waals surface area contributed by atoms with E-state index in [4.69, 9.17) is 18.9 Å². The van der Waals surface area contributed by atoms with Gasteiger partial charge >= 0.3 is 0 Å². The molecule has 0 aliphatic carbocycles. The highest BCUT2D eigenvalue weighted by Crippen LogP contribution is 2.63. The molecule has 1 heterocycles. The summed E-state index contributed by atoms with van der Waals surface area (Å²) in [7, 11) is 4.45. The van der Waals surface area contributed by atoms with Crippen LogP contribution in [0.5, 0.6) is 17.2 Å². The maximum Gasteiger partial charge on any atom is 0.150 e. The molecule has 2 atom stereocenters. The molecule has 3 rings (SSSR count). The van der Waals surface area contributed by atoms with E-state index in [9.17, 15) is 0 Å². The number of benzene rings is 2. The Morgan fingerprint density at radius 2 is 1.43 bits per heavy atom. The zero-order chi connectivity index (χ0) is 20.7. The van der Waals surface area contributed by atoms with Crippen LogP contribution in [0.1, 0.15) is 34.6 Å². The van der Waals surface area contributed by atoms with Gasteiger partial charge in [-0.3, -0.25) is 0 Å². The van der Waals surface area contributed by atoms with Crippen LogP contribution in [-0.4, -0.2) is 37.9 Å². The van der Waals surface area contributed by atoms with Crippen LogP contribution in [0.3, 0.4) is 0 Å². The van der Waals surface area contributed by atoms with Crippen molar-refractivity contribution < 1.29 is 18.9 Å². The van der Waals surface area contributed by atoms with Crippen molar-refractivity contribution in [3.63, 3.8) is 0 Å². The van der Waals surface area contributed by atoms with Gasteiger partial charge in [-0.2, -0.15) is 0 Å². The van der Waals surface area contributed by atoms with Gasteiger partial charge in [-0.25, -0.2) is 0 Å². The summed E-state index contributed by atoms with van der Waals surface area (Å²) in [4.78, 5) is 0. The van der Waals surface area contributed by atoms with E-state index in [2.05, 4.69) is 46.8 Å². The molecule has 1 aliphatic rings. The lowest BCUT2D eigenvalue weighted by Crippen LogP contribution is -2.42. The van der Waals surface area contributed by atoms with Crippen LogP contribution in [0.15, 0.2) is 36.4 Å². The van der Waals surface area contributed by atoms with Gasteiger partial charge in [0.05, 0.1) is 19.8 Å². The first kappa shape index (κ1) is 21.0. The van der Waals surface area contributed by atoms with Crippen LogP contribution < -0.4 is 19.5 Å². The van der Waals surface area contributed by atoms with E-state index >= 15 is 0 Å². The Morgan fingerprint density at radius 1 is 0.857 bits per heavy atom. The van der Waals surface area contributed by atoms with Crippen molar-refractivity contribution in [2.24, 2.45) is 0 Å². The molecule has 4 nitrogen and oxygen atoms in total. The summed E-state index contributed by atoms with van der Waals surface area (Å²) in [6.45, 7) is 11.1. The summed E-state index contributed by atoms with van der Waals surface area (Å²) in [5, 5.41) is 1.29. The second-order valence-electron chi connectivity index (χ2n) is 8.51. The lowest BCUT2D eigenvalue weighted by atomic mass is 10.0. The van der Waals surface area contributed by atoms with E-state index in [0.717, 1.165) is 28.4 Å². The van der Waals surface area contributed by atoms with Crippen LogP contribution in [-0.2, 0) is 4.74 Å². The first-order chi connectivity index (χ1) is 13.2. The molecule has 1 aliphatic heterocycles. The molecular weight excluding hydrogens is 371 g/mol. The molecule has 0 spiro atoms. The number of hydrogen-bond donors (Lipinski definition) is 0. The quantitative estimate of drug-likeness (QED) is 0.626. The first-order valence-electron chi connectivity index (χ1n) is 9.51. The van der Waals surface area contributed by atoms with Crippen LogP contribution >= 0.6 is 7.92 Å². The van der Waals surface area contributed by atoms with E-state index in [1.807, 2.05) is 24.3 Å². The highest BCUT2D eigenvalue weighted by molar-refractivity contribution is 7.68. The Kier molecular flexibility index (Phi) is 5.67. The smallest absolute Gasteiger partial charge is 0.150 e. The van der Waals surface area contributed by atoms with Crippen LogP contribution in [0.4, 0.5) is 0 Å². The van der Waals surface area contributed by atoms with Gasteiger partial charge in [0.1, 0.15) is 28.7 Å². The fourth-order valence-corrected chi connectivity index (χ4v) is 7.08. The van der Waals surface area contributed by atoms with Gasteiger partial charge in [0.15, 0.2) is 0 Å². The lowest BCUT2D eigenvalue weighted by Gasteiger charge is -2.39. The molecule has 0 N–H and O–H groups in total. The molecule has 28 heavy (non-hydrogen) atoms. The molecule has 5 heteroatoms. The van der Waals surface area contributed by atoms with Crippen LogP contribution in [0, 0.1) is 0 Å². The minimum atomic E-state index is -0.697. The fourth-order valence-electron chi connectivity index (χ4n) is 3.72. The summed E-state index contributed by atoms with van der Waals surface area (Å²) in [6, 6.07) is 12.1. The Labute approximate surface area is 169 Å². The standard InChI is InChI=1S/C23H31O4P/c1-22(2,3)28-20-15(19-16(24-6)12-10-13-17(19)25-7)11-9-14-18(20)27-21(28)23(4,5)26-8/h9-14,21H,1-8H3/t21-,28+/m1/s1. The highest BCUT2D eigenvalue weighted by atomic mass is 31.1. The number of ether oxygens (including phenoxy) is 4. The number of methoxy groups -OCH3 is 3. The lowest BCUT2D eigenvalue weighted by molar-refractivity contribution is -0.0296. The van der Waals surface area contributed by atoms with Gasteiger partial charge in [0, 0.05) is 18.0 Å². The molecular formula is C23H31O4P. The molecule has 0 fully saturated rings. The van der Waals surface area contributed by atoms with Crippen molar-refractivity contribution in [2.75, 3.05) is 21.3 Å². The van der Waals surface area contributed by atoms with Gasteiger partial charge < -0.3 is 18.9 Å². The Balaban J connectivity index is 2.29. The van der Waals surface area contributed by atoms with E-state index in [1.165, 1.54) is 5.30 Å². The maximum absolute atomic E-state index is 6.53. The Morgan fingerprint density at radius 3 is 1.93 bits per heavy atom. The summed E-state index contributed by atoms with van der Waals surface area (Å²) < 4.78 is 23.8. The minimum Gasteiger partial charge on any atom is -0.496 e. The average molecular weight is 402 g/mol. The van der Waals surface area contributed by atoms with Crippen molar-refractivity contribution in [3.05, 3.63) is 36.4 Å².